The average Bonchev–Trinajstić information content (AvgIpc) is 3.06. The molecule has 2 aromatic heterocycles. The van der Waals surface area contributed by atoms with Crippen LogP contribution in [-0.2, 0) is 12.8 Å². The maximum absolute atomic E-state index is 6.37. The molecular weight excluding hydrogens is 430 g/mol. The fourth-order valence-electron chi connectivity index (χ4n) is 4.54. The summed E-state index contributed by atoms with van der Waals surface area (Å²) < 4.78 is 9.40. The van der Waals surface area contributed by atoms with Crippen molar-refractivity contribution in [3.63, 3.8) is 0 Å². The number of rotatable bonds is 3. The number of hydrogen-bond donors (Lipinski definition) is 1. The first-order valence-corrected chi connectivity index (χ1v) is 11.0. The number of nitrogens with zero attached hydrogens (tertiary/aromatic N) is 4. The Labute approximate surface area is 178 Å². The van der Waals surface area contributed by atoms with Gasteiger partial charge in [-0.05, 0) is 61.9 Å². The Morgan fingerprint density at radius 3 is 2.69 bits per heavy atom. The van der Waals surface area contributed by atoms with Gasteiger partial charge >= 0.3 is 0 Å². The number of halogens is 1. The van der Waals surface area contributed by atoms with Gasteiger partial charge in [-0.3, -0.25) is 4.57 Å². The van der Waals surface area contributed by atoms with Gasteiger partial charge in [0.1, 0.15) is 17.8 Å². The highest BCUT2D eigenvalue weighted by atomic mass is 79.9. The van der Waals surface area contributed by atoms with Crippen molar-refractivity contribution in [3.8, 4) is 11.6 Å². The van der Waals surface area contributed by atoms with E-state index in [1.807, 2.05) is 18.2 Å². The highest BCUT2D eigenvalue weighted by Crippen LogP contribution is 2.36. The minimum absolute atomic E-state index is 0.0591. The molecule has 29 heavy (non-hydrogen) atoms. The number of ether oxygens (including phenoxy) is 1. The van der Waals surface area contributed by atoms with Crippen LogP contribution in [0.25, 0.3) is 5.69 Å². The Morgan fingerprint density at radius 1 is 1.03 bits per heavy atom. The van der Waals surface area contributed by atoms with Crippen LogP contribution in [0.4, 0.5) is 0 Å². The summed E-state index contributed by atoms with van der Waals surface area (Å²) >= 11 is 3.60. The first-order valence-electron chi connectivity index (χ1n) is 10.2. The van der Waals surface area contributed by atoms with E-state index in [0.717, 1.165) is 54.6 Å². The molecule has 1 unspecified atom stereocenters. The zero-order valence-corrected chi connectivity index (χ0v) is 17.8. The molecule has 6 nitrogen and oxygen atoms in total. The molecule has 0 saturated heterocycles. The Bertz CT molecular complexity index is 998. The molecule has 0 spiro atoms. The van der Waals surface area contributed by atoms with Crippen LogP contribution in [-0.4, -0.2) is 31.9 Å². The third-order valence-corrected chi connectivity index (χ3v) is 6.42. The highest BCUT2D eigenvalue weighted by molar-refractivity contribution is 9.10. The van der Waals surface area contributed by atoms with E-state index >= 15 is 0 Å². The second-order valence-electron chi connectivity index (χ2n) is 8.01. The maximum Gasteiger partial charge on any atom is 0.213 e. The molecule has 3 heterocycles. The van der Waals surface area contributed by atoms with Crippen molar-refractivity contribution >= 4 is 15.9 Å². The standard InChI is InChI=1S/C22H24BrN5O/c23-16-6-9-19-15(11-16)12-17(24)13-20-26-27-22(28(19)20)14-4-7-18(8-5-14)29-21-3-1-2-10-25-21/h1-3,6,9-11,14,17-18H,4-5,7-8,12-13,24H2/t14-,17?,18-. The number of pyridine rings is 1. The molecule has 1 aliphatic heterocycles. The van der Waals surface area contributed by atoms with E-state index in [0.29, 0.717) is 11.8 Å². The molecule has 1 aliphatic carbocycles. The van der Waals surface area contributed by atoms with Crippen molar-refractivity contribution in [3.05, 3.63) is 64.3 Å². The van der Waals surface area contributed by atoms with Crippen molar-refractivity contribution in [2.75, 3.05) is 0 Å². The van der Waals surface area contributed by atoms with Gasteiger partial charge in [-0.15, -0.1) is 10.2 Å². The van der Waals surface area contributed by atoms with Crippen molar-refractivity contribution in [2.45, 2.75) is 56.6 Å². The average molecular weight is 454 g/mol. The zero-order valence-electron chi connectivity index (χ0n) is 16.2. The van der Waals surface area contributed by atoms with Gasteiger partial charge in [-0.2, -0.15) is 0 Å². The molecular formula is C22H24BrN5O. The van der Waals surface area contributed by atoms with Gasteiger partial charge < -0.3 is 10.5 Å². The molecule has 1 saturated carbocycles. The highest BCUT2D eigenvalue weighted by Gasteiger charge is 2.31. The quantitative estimate of drug-likeness (QED) is 0.649. The first kappa shape index (κ1) is 18.8. The number of nitrogens with two attached hydrogens (primary N) is 1. The van der Waals surface area contributed by atoms with Crippen molar-refractivity contribution < 1.29 is 4.74 Å². The van der Waals surface area contributed by atoms with E-state index in [1.165, 1.54) is 11.3 Å². The lowest BCUT2D eigenvalue weighted by molar-refractivity contribution is 0.139. The molecule has 5 rings (SSSR count). The molecule has 1 atom stereocenters. The van der Waals surface area contributed by atoms with E-state index in [9.17, 15) is 0 Å². The fraction of sp³-hybridized carbons (Fsp3) is 0.409. The predicted octanol–water partition coefficient (Wildman–Crippen LogP) is 3.96. The lowest BCUT2D eigenvalue weighted by Gasteiger charge is -2.28. The molecule has 7 heteroatoms. The molecule has 3 aromatic rings. The summed E-state index contributed by atoms with van der Waals surface area (Å²) in [5, 5.41) is 9.15. The SMILES string of the molecule is NC1Cc2cc(Br)ccc2-n2c(nnc2[C@H]2CC[C@H](Oc3ccccn3)CC2)C1. The summed E-state index contributed by atoms with van der Waals surface area (Å²) in [6, 6.07) is 12.3. The van der Waals surface area contributed by atoms with Crippen LogP contribution in [0.2, 0.25) is 0 Å². The molecule has 1 aromatic carbocycles. The van der Waals surface area contributed by atoms with Crippen LogP contribution in [0.3, 0.4) is 0 Å². The third kappa shape index (κ3) is 3.81. The van der Waals surface area contributed by atoms with Gasteiger partial charge in [0, 0.05) is 35.1 Å². The molecule has 2 N–H and O–H groups in total. The number of fused-ring (bicyclic) bond motifs is 3. The van der Waals surface area contributed by atoms with Crippen LogP contribution in [0.5, 0.6) is 5.88 Å². The number of hydrogen-bond acceptors (Lipinski definition) is 5. The number of benzene rings is 1. The lowest BCUT2D eigenvalue weighted by Crippen LogP contribution is -2.25. The van der Waals surface area contributed by atoms with Crippen LogP contribution < -0.4 is 10.5 Å². The van der Waals surface area contributed by atoms with E-state index in [2.05, 4.69) is 53.9 Å². The zero-order chi connectivity index (χ0) is 19.8. The van der Waals surface area contributed by atoms with Gasteiger partial charge in [0.15, 0.2) is 0 Å². The monoisotopic (exact) mass is 453 g/mol. The summed E-state index contributed by atoms with van der Waals surface area (Å²) in [4.78, 5) is 4.28. The summed E-state index contributed by atoms with van der Waals surface area (Å²) in [6.45, 7) is 0. The summed E-state index contributed by atoms with van der Waals surface area (Å²) in [7, 11) is 0. The Balaban J connectivity index is 1.38. The predicted molar refractivity (Wildman–Crippen MR) is 114 cm³/mol. The minimum atomic E-state index is 0.0591. The van der Waals surface area contributed by atoms with Gasteiger partial charge in [-0.1, -0.05) is 22.0 Å². The number of aromatic nitrogens is 4. The van der Waals surface area contributed by atoms with Gasteiger partial charge in [-0.25, -0.2) is 4.98 Å². The lowest BCUT2D eigenvalue weighted by atomic mass is 9.86. The van der Waals surface area contributed by atoms with Gasteiger partial charge in [0.05, 0.1) is 5.69 Å². The summed E-state index contributed by atoms with van der Waals surface area (Å²) in [6.07, 6.45) is 7.64. The van der Waals surface area contributed by atoms with E-state index in [-0.39, 0.29) is 12.1 Å². The Morgan fingerprint density at radius 2 is 1.90 bits per heavy atom. The normalized spacial score (nSPS) is 23.7. The first-order chi connectivity index (χ1) is 14.2. The smallest absolute Gasteiger partial charge is 0.213 e. The second-order valence-corrected chi connectivity index (χ2v) is 8.93. The van der Waals surface area contributed by atoms with Crippen molar-refractivity contribution in [1.29, 1.82) is 0 Å². The summed E-state index contributed by atoms with van der Waals surface area (Å²) in [5.41, 5.74) is 8.79. The molecule has 0 bridgehead atoms. The topological polar surface area (TPSA) is 78.9 Å². The van der Waals surface area contributed by atoms with Crippen LogP contribution in [0.1, 0.15) is 48.8 Å². The Kier molecular flexibility index (Phi) is 5.09. The largest absolute Gasteiger partial charge is 0.474 e. The molecule has 1 fully saturated rings. The summed E-state index contributed by atoms with van der Waals surface area (Å²) in [5.74, 6) is 3.13. The molecule has 0 radical (unpaired) electrons. The van der Waals surface area contributed by atoms with Crippen LogP contribution in [0.15, 0.2) is 47.1 Å². The third-order valence-electron chi connectivity index (χ3n) is 5.93. The Hall–Kier alpha value is -2.25. The molecule has 2 aliphatic rings. The molecule has 150 valence electrons. The fourth-order valence-corrected chi connectivity index (χ4v) is 4.95. The minimum Gasteiger partial charge on any atom is -0.474 e. The van der Waals surface area contributed by atoms with Crippen LogP contribution >= 0.6 is 15.9 Å². The van der Waals surface area contributed by atoms with Gasteiger partial charge in [0.2, 0.25) is 5.88 Å². The van der Waals surface area contributed by atoms with Crippen LogP contribution in [0, 0.1) is 0 Å². The second kappa shape index (κ2) is 7.88. The van der Waals surface area contributed by atoms with E-state index in [4.69, 9.17) is 10.5 Å². The van der Waals surface area contributed by atoms with Gasteiger partial charge in [0.25, 0.3) is 0 Å². The molecule has 0 amide bonds. The van der Waals surface area contributed by atoms with E-state index < -0.39 is 0 Å². The van der Waals surface area contributed by atoms with E-state index in [1.54, 1.807) is 6.20 Å². The van der Waals surface area contributed by atoms with Crippen molar-refractivity contribution in [2.24, 2.45) is 5.73 Å². The van der Waals surface area contributed by atoms with Crippen molar-refractivity contribution in [1.82, 2.24) is 19.7 Å². The maximum atomic E-state index is 6.37.